The van der Waals surface area contributed by atoms with E-state index < -0.39 is 0 Å². The van der Waals surface area contributed by atoms with Gasteiger partial charge in [0.05, 0.1) is 7.11 Å². The lowest BCUT2D eigenvalue weighted by atomic mass is 10.1. The number of hydrogen-bond acceptors (Lipinski definition) is 2. The van der Waals surface area contributed by atoms with Crippen molar-refractivity contribution in [2.45, 2.75) is 19.4 Å². The number of ether oxygens (including phenoxy) is 1. The van der Waals surface area contributed by atoms with Crippen LogP contribution in [0.4, 0.5) is 0 Å². The van der Waals surface area contributed by atoms with Crippen LogP contribution in [0.15, 0.2) is 22.7 Å². The van der Waals surface area contributed by atoms with Crippen LogP contribution in [0.2, 0.25) is 0 Å². The largest absolute Gasteiger partial charge is 0.497 e. The minimum absolute atomic E-state index is 0.486. The number of halogens is 1. The highest BCUT2D eigenvalue weighted by molar-refractivity contribution is 9.10. The smallest absolute Gasteiger partial charge is 0.120 e. The first kappa shape index (κ1) is 11.5. The van der Waals surface area contributed by atoms with Crippen LogP contribution in [-0.4, -0.2) is 20.2 Å². The third-order valence-corrected chi connectivity index (χ3v) is 3.02. The summed E-state index contributed by atoms with van der Waals surface area (Å²) in [7, 11) is 3.65. The maximum atomic E-state index is 5.14. The molecule has 0 heterocycles. The van der Waals surface area contributed by atoms with Gasteiger partial charge in [0, 0.05) is 10.5 Å². The van der Waals surface area contributed by atoms with Crippen LogP contribution in [-0.2, 0) is 6.42 Å². The molecule has 0 radical (unpaired) electrons. The number of rotatable bonds is 4. The Morgan fingerprint density at radius 3 is 2.71 bits per heavy atom. The van der Waals surface area contributed by atoms with Crippen molar-refractivity contribution >= 4 is 15.9 Å². The third-order valence-electron chi connectivity index (χ3n) is 2.28. The second kappa shape index (κ2) is 5.37. The van der Waals surface area contributed by atoms with Crippen molar-refractivity contribution in [3.8, 4) is 5.75 Å². The Morgan fingerprint density at radius 1 is 1.50 bits per heavy atom. The fourth-order valence-electron chi connectivity index (χ4n) is 1.25. The Morgan fingerprint density at radius 2 is 2.21 bits per heavy atom. The van der Waals surface area contributed by atoms with Gasteiger partial charge in [-0.3, -0.25) is 0 Å². The Hall–Kier alpha value is -0.540. The minimum Gasteiger partial charge on any atom is -0.497 e. The van der Waals surface area contributed by atoms with E-state index in [0.29, 0.717) is 6.04 Å². The van der Waals surface area contributed by atoms with Gasteiger partial charge in [-0.25, -0.2) is 0 Å². The van der Waals surface area contributed by atoms with E-state index in [2.05, 4.69) is 34.2 Å². The van der Waals surface area contributed by atoms with E-state index in [0.717, 1.165) is 16.6 Å². The molecule has 0 fully saturated rings. The normalized spacial score (nSPS) is 12.6. The Labute approximate surface area is 93.8 Å². The topological polar surface area (TPSA) is 21.3 Å². The summed E-state index contributed by atoms with van der Waals surface area (Å²) in [5.41, 5.74) is 1.30. The van der Waals surface area contributed by atoms with Crippen molar-refractivity contribution in [3.05, 3.63) is 28.2 Å². The summed E-state index contributed by atoms with van der Waals surface area (Å²) in [6, 6.07) is 6.57. The lowest BCUT2D eigenvalue weighted by Gasteiger charge is -2.12. The summed E-state index contributed by atoms with van der Waals surface area (Å²) >= 11 is 3.54. The first-order valence-electron chi connectivity index (χ1n) is 4.67. The standard InChI is InChI=1S/C11H16BrNO/c1-8(13-2)6-9-4-5-10(14-3)7-11(9)12/h4-5,7-8,13H,6H2,1-3H3. The predicted molar refractivity (Wildman–Crippen MR) is 62.9 cm³/mol. The van der Waals surface area contributed by atoms with Gasteiger partial charge >= 0.3 is 0 Å². The predicted octanol–water partition coefficient (Wildman–Crippen LogP) is 2.61. The molecule has 1 rings (SSSR count). The van der Waals surface area contributed by atoms with Gasteiger partial charge in [0.15, 0.2) is 0 Å². The molecule has 0 saturated heterocycles. The average molecular weight is 258 g/mol. The molecule has 0 aromatic heterocycles. The second-order valence-corrected chi connectivity index (χ2v) is 4.21. The number of benzene rings is 1. The van der Waals surface area contributed by atoms with Gasteiger partial charge in [-0.05, 0) is 38.1 Å². The van der Waals surface area contributed by atoms with Crippen molar-refractivity contribution < 1.29 is 4.74 Å². The van der Waals surface area contributed by atoms with E-state index in [4.69, 9.17) is 4.74 Å². The van der Waals surface area contributed by atoms with Crippen LogP contribution < -0.4 is 10.1 Å². The molecule has 0 aliphatic carbocycles. The van der Waals surface area contributed by atoms with Crippen LogP contribution >= 0.6 is 15.9 Å². The highest BCUT2D eigenvalue weighted by Crippen LogP contribution is 2.23. The fraction of sp³-hybridized carbons (Fsp3) is 0.455. The minimum atomic E-state index is 0.486. The summed E-state index contributed by atoms with van der Waals surface area (Å²) < 4.78 is 6.25. The molecule has 78 valence electrons. The van der Waals surface area contributed by atoms with Gasteiger partial charge in [0.2, 0.25) is 0 Å². The highest BCUT2D eigenvalue weighted by Gasteiger charge is 2.05. The van der Waals surface area contributed by atoms with Crippen molar-refractivity contribution in [1.29, 1.82) is 0 Å². The van der Waals surface area contributed by atoms with E-state index in [-0.39, 0.29) is 0 Å². The molecule has 1 atom stereocenters. The molecule has 0 aliphatic heterocycles. The van der Waals surface area contributed by atoms with Crippen molar-refractivity contribution in [2.75, 3.05) is 14.2 Å². The van der Waals surface area contributed by atoms with Gasteiger partial charge in [0.1, 0.15) is 5.75 Å². The molecule has 0 aliphatic rings. The van der Waals surface area contributed by atoms with Gasteiger partial charge in [0.25, 0.3) is 0 Å². The molecule has 1 aromatic carbocycles. The summed E-state index contributed by atoms with van der Waals surface area (Å²) in [6.07, 6.45) is 1.01. The highest BCUT2D eigenvalue weighted by atomic mass is 79.9. The van der Waals surface area contributed by atoms with E-state index in [1.54, 1.807) is 7.11 Å². The molecular formula is C11H16BrNO. The molecule has 14 heavy (non-hydrogen) atoms. The molecule has 3 heteroatoms. The number of methoxy groups -OCH3 is 1. The zero-order valence-electron chi connectivity index (χ0n) is 8.80. The van der Waals surface area contributed by atoms with Crippen molar-refractivity contribution in [2.24, 2.45) is 0 Å². The monoisotopic (exact) mass is 257 g/mol. The van der Waals surface area contributed by atoms with Crippen molar-refractivity contribution in [1.82, 2.24) is 5.32 Å². The van der Waals surface area contributed by atoms with Gasteiger partial charge in [-0.1, -0.05) is 22.0 Å². The van der Waals surface area contributed by atoms with E-state index in [9.17, 15) is 0 Å². The van der Waals surface area contributed by atoms with Gasteiger partial charge in [-0.2, -0.15) is 0 Å². The lowest BCUT2D eigenvalue weighted by Crippen LogP contribution is -2.23. The van der Waals surface area contributed by atoms with Crippen LogP contribution in [0.3, 0.4) is 0 Å². The molecule has 1 aromatic rings. The van der Waals surface area contributed by atoms with Crippen LogP contribution in [0.25, 0.3) is 0 Å². The van der Waals surface area contributed by atoms with Gasteiger partial charge in [-0.15, -0.1) is 0 Å². The second-order valence-electron chi connectivity index (χ2n) is 3.35. The molecular weight excluding hydrogens is 242 g/mol. The Bertz CT molecular complexity index is 301. The first-order valence-corrected chi connectivity index (χ1v) is 5.46. The maximum Gasteiger partial charge on any atom is 0.120 e. The molecule has 2 nitrogen and oxygen atoms in total. The lowest BCUT2D eigenvalue weighted by molar-refractivity contribution is 0.414. The Balaban J connectivity index is 2.78. The summed E-state index contributed by atoms with van der Waals surface area (Å²) in [5.74, 6) is 0.887. The number of likely N-dealkylation sites (N-methyl/N-ethyl adjacent to an activating group) is 1. The van der Waals surface area contributed by atoms with Gasteiger partial charge < -0.3 is 10.1 Å². The summed E-state index contributed by atoms with van der Waals surface area (Å²) in [5, 5.41) is 3.22. The molecule has 0 saturated carbocycles. The molecule has 0 bridgehead atoms. The number of nitrogens with one attached hydrogen (secondary N) is 1. The van der Waals surface area contributed by atoms with E-state index in [1.165, 1.54) is 5.56 Å². The maximum absolute atomic E-state index is 5.14. The Kier molecular flexibility index (Phi) is 4.42. The SMILES string of the molecule is CNC(C)Cc1ccc(OC)cc1Br. The van der Waals surface area contributed by atoms with Crippen LogP contribution in [0, 0.1) is 0 Å². The molecule has 1 N–H and O–H groups in total. The summed E-state index contributed by atoms with van der Waals surface area (Å²) in [6.45, 7) is 2.16. The summed E-state index contributed by atoms with van der Waals surface area (Å²) in [4.78, 5) is 0. The average Bonchev–Trinajstić information content (AvgIpc) is 2.20. The first-order chi connectivity index (χ1) is 6.67. The third kappa shape index (κ3) is 3.00. The fourth-order valence-corrected chi connectivity index (χ4v) is 1.77. The van der Waals surface area contributed by atoms with E-state index >= 15 is 0 Å². The molecule has 0 amide bonds. The van der Waals surface area contributed by atoms with Crippen LogP contribution in [0.1, 0.15) is 12.5 Å². The zero-order chi connectivity index (χ0) is 10.6. The zero-order valence-corrected chi connectivity index (χ0v) is 10.4. The number of hydrogen-bond donors (Lipinski definition) is 1. The quantitative estimate of drug-likeness (QED) is 0.896. The van der Waals surface area contributed by atoms with Crippen molar-refractivity contribution in [3.63, 3.8) is 0 Å². The van der Waals surface area contributed by atoms with Crippen LogP contribution in [0.5, 0.6) is 5.75 Å². The molecule has 0 spiro atoms. The van der Waals surface area contributed by atoms with E-state index in [1.807, 2.05) is 19.2 Å². The molecule has 1 unspecified atom stereocenters.